The fourth-order valence-corrected chi connectivity index (χ4v) is 2.03. The summed E-state index contributed by atoms with van der Waals surface area (Å²) in [5.41, 5.74) is 2.63. The van der Waals surface area contributed by atoms with Crippen molar-refractivity contribution < 1.29 is 14.1 Å². The van der Waals surface area contributed by atoms with Gasteiger partial charge in [0.1, 0.15) is 12.0 Å². The van der Waals surface area contributed by atoms with E-state index in [9.17, 15) is 4.79 Å². The number of benzene rings is 2. The maximum atomic E-state index is 10.6. The van der Waals surface area contributed by atoms with E-state index in [0.29, 0.717) is 23.0 Å². The molecular formula is C17H14N2O3. The van der Waals surface area contributed by atoms with E-state index in [1.165, 1.54) is 0 Å². The third-order valence-corrected chi connectivity index (χ3v) is 3.23. The standard InChI is InChI=1S/C17H14N2O3/c1-12-4-2-3-5-15(12)17-18-16(22-19-17)11-21-14-8-6-13(10-20)7-9-14/h2-10H,11H2,1H3. The van der Waals surface area contributed by atoms with Crippen LogP contribution in [0.1, 0.15) is 21.8 Å². The molecule has 110 valence electrons. The summed E-state index contributed by atoms with van der Waals surface area (Å²) >= 11 is 0. The molecule has 0 saturated carbocycles. The molecule has 0 bridgehead atoms. The van der Waals surface area contributed by atoms with Gasteiger partial charge in [-0.25, -0.2) is 0 Å². The molecule has 5 heteroatoms. The number of hydrogen-bond acceptors (Lipinski definition) is 5. The Labute approximate surface area is 127 Å². The van der Waals surface area contributed by atoms with Gasteiger partial charge in [-0.1, -0.05) is 29.4 Å². The fourth-order valence-electron chi connectivity index (χ4n) is 2.03. The highest BCUT2D eigenvalue weighted by Gasteiger charge is 2.10. The van der Waals surface area contributed by atoms with Gasteiger partial charge in [-0.05, 0) is 36.8 Å². The van der Waals surface area contributed by atoms with Gasteiger partial charge in [0.2, 0.25) is 5.82 Å². The zero-order chi connectivity index (χ0) is 15.4. The van der Waals surface area contributed by atoms with Crippen LogP contribution in [0.5, 0.6) is 5.75 Å². The molecule has 0 saturated heterocycles. The van der Waals surface area contributed by atoms with Crippen LogP contribution in [-0.2, 0) is 6.61 Å². The molecule has 0 aliphatic heterocycles. The number of carbonyl (C=O) groups is 1. The zero-order valence-electron chi connectivity index (χ0n) is 12.0. The molecule has 0 aliphatic rings. The lowest BCUT2D eigenvalue weighted by Crippen LogP contribution is -1.96. The van der Waals surface area contributed by atoms with Gasteiger partial charge >= 0.3 is 0 Å². The first-order valence-electron chi connectivity index (χ1n) is 6.83. The first-order chi connectivity index (χ1) is 10.8. The summed E-state index contributed by atoms with van der Waals surface area (Å²) in [7, 11) is 0. The van der Waals surface area contributed by atoms with Crippen molar-refractivity contribution in [3.63, 3.8) is 0 Å². The highest BCUT2D eigenvalue weighted by molar-refractivity contribution is 5.74. The predicted molar refractivity (Wildman–Crippen MR) is 80.6 cm³/mol. The van der Waals surface area contributed by atoms with Crippen LogP contribution in [0.4, 0.5) is 0 Å². The quantitative estimate of drug-likeness (QED) is 0.674. The van der Waals surface area contributed by atoms with Crippen LogP contribution in [0, 0.1) is 6.92 Å². The average Bonchev–Trinajstić information content (AvgIpc) is 3.02. The van der Waals surface area contributed by atoms with Crippen LogP contribution in [0.15, 0.2) is 53.1 Å². The molecule has 3 rings (SSSR count). The van der Waals surface area contributed by atoms with E-state index in [1.807, 2.05) is 31.2 Å². The van der Waals surface area contributed by atoms with Gasteiger partial charge in [-0.15, -0.1) is 0 Å². The topological polar surface area (TPSA) is 65.2 Å². The van der Waals surface area contributed by atoms with Crippen molar-refractivity contribution in [2.75, 3.05) is 0 Å². The van der Waals surface area contributed by atoms with Crippen molar-refractivity contribution >= 4 is 6.29 Å². The summed E-state index contributed by atoms with van der Waals surface area (Å²) in [6.07, 6.45) is 0.788. The second-order valence-corrected chi connectivity index (χ2v) is 4.80. The summed E-state index contributed by atoms with van der Waals surface area (Å²) in [5, 5.41) is 3.97. The van der Waals surface area contributed by atoms with Crippen LogP contribution >= 0.6 is 0 Å². The highest BCUT2D eigenvalue weighted by Crippen LogP contribution is 2.20. The van der Waals surface area contributed by atoms with Gasteiger partial charge in [-0.2, -0.15) is 4.98 Å². The van der Waals surface area contributed by atoms with Gasteiger partial charge in [0.15, 0.2) is 6.61 Å². The molecule has 1 aromatic heterocycles. The molecule has 0 atom stereocenters. The number of hydrogen-bond donors (Lipinski definition) is 0. The molecule has 0 N–H and O–H groups in total. The Morgan fingerprint density at radius 1 is 1.14 bits per heavy atom. The number of aryl methyl sites for hydroxylation is 1. The summed E-state index contributed by atoms with van der Waals surface area (Å²) < 4.78 is 10.8. The van der Waals surface area contributed by atoms with E-state index in [1.54, 1.807) is 24.3 Å². The average molecular weight is 294 g/mol. The first-order valence-corrected chi connectivity index (χ1v) is 6.83. The SMILES string of the molecule is Cc1ccccc1-c1noc(COc2ccc(C=O)cc2)n1. The lowest BCUT2D eigenvalue weighted by Gasteiger charge is -2.02. The van der Waals surface area contributed by atoms with Crippen molar-refractivity contribution in [1.29, 1.82) is 0 Å². The van der Waals surface area contributed by atoms with Crippen molar-refractivity contribution in [3.8, 4) is 17.1 Å². The van der Waals surface area contributed by atoms with E-state index in [2.05, 4.69) is 10.1 Å². The number of ether oxygens (including phenoxy) is 1. The molecule has 0 unspecified atom stereocenters. The molecule has 5 nitrogen and oxygen atoms in total. The smallest absolute Gasteiger partial charge is 0.264 e. The fraction of sp³-hybridized carbons (Fsp3) is 0.118. The summed E-state index contributed by atoms with van der Waals surface area (Å²) in [6, 6.07) is 14.7. The third-order valence-electron chi connectivity index (χ3n) is 3.23. The molecule has 3 aromatic rings. The van der Waals surface area contributed by atoms with Gasteiger partial charge in [-0.3, -0.25) is 4.79 Å². The molecule has 0 spiro atoms. The Kier molecular flexibility index (Phi) is 3.96. The third kappa shape index (κ3) is 3.03. The maximum absolute atomic E-state index is 10.6. The minimum atomic E-state index is 0.180. The van der Waals surface area contributed by atoms with Crippen LogP contribution in [0.2, 0.25) is 0 Å². The highest BCUT2D eigenvalue weighted by atomic mass is 16.5. The van der Waals surface area contributed by atoms with Gasteiger partial charge < -0.3 is 9.26 Å². The Morgan fingerprint density at radius 2 is 1.91 bits per heavy atom. The molecule has 1 heterocycles. The van der Waals surface area contributed by atoms with Crippen molar-refractivity contribution in [2.45, 2.75) is 13.5 Å². The summed E-state index contributed by atoms with van der Waals surface area (Å²) in [5.74, 6) is 1.59. The molecule has 0 aliphatic carbocycles. The van der Waals surface area contributed by atoms with Gasteiger partial charge in [0.25, 0.3) is 5.89 Å². The molecule has 2 aromatic carbocycles. The number of rotatable bonds is 5. The molecule has 0 fully saturated rings. The number of aromatic nitrogens is 2. The van der Waals surface area contributed by atoms with E-state index < -0.39 is 0 Å². The number of nitrogens with zero attached hydrogens (tertiary/aromatic N) is 2. The molecule has 0 amide bonds. The largest absolute Gasteiger partial charge is 0.484 e. The van der Waals surface area contributed by atoms with Gasteiger partial charge in [0.05, 0.1) is 0 Å². The Balaban J connectivity index is 1.69. The van der Waals surface area contributed by atoms with Crippen LogP contribution in [-0.4, -0.2) is 16.4 Å². The molecular weight excluding hydrogens is 280 g/mol. The van der Waals surface area contributed by atoms with Crippen molar-refractivity contribution in [1.82, 2.24) is 10.1 Å². The summed E-state index contributed by atoms with van der Waals surface area (Å²) in [6.45, 7) is 2.18. The van der Waals surface area contributed by atoms with E-state index >= 15 is 0 Å². The second-order valence-electron chi connectivity index (χ2n) is 4.80. The lowest BCUT2D eigenvalue weighted by atomic mass is 10.1. The summed E-state index contributed by atoms with van der Waals surface area (Å²) in [4.78, 5) is 14.9. The maximum Gasteiger partial charge on any atom is 0.264 e. The Bertz CT molecular complexity index is 779. The number of aldehydes is 1. The minimum absolute atomic E-state index is 0.180. The molecule has 0 radical (unpaired) electrons. The first kappa shape index (κ1) is 14.0. The zero-order valence-corrected chi connectivity index (χ0v) is 12.0. The van der Waals surface area contributed by atoms with Crippen LogP contribution in [0.3, 0.4) is 0 Å². The Hall–Kier alpha value is -2.95. The van der Waals surface area contributed by atoms with E-state index in [4.69, 9.17) is 9.26 Å². The normalized spacial score (nSPS) is 10.4. The van der Waals surface area contributed by atoms with Crippen LogP contribution < -0.4 is 4.74 Å². The van der Waals surface area contributed by atoms with E-state index in [-0.39, 0.29) is 6.61 Å². The van der Waals surface area contributed by atoms with Crippen LogP contribution in [0.25, 0.3) is 11.4 Å². The van der Waals surface area contributed by atoms with Crippen molar-refractivity contribution in [2.24, 2.45) is 0 Å². The minimum Gasteiger partial charge on any atom is -0.484 e. The van der Waals surface area contributed by atoms with Gasteiger partial charge in [0, 0.05) is 11.1 Å². The number of carbonyl (C=O) groups excluding carboxylic acids is 1. The lowest BCUT2D eigenvalue weighted by molar-refractivity contribution is 0.112. The van der Waals surface area contributed by atoms with Crippen molar-refractivity contribution in [3.05, 3.63) is 65.5 Å². The Morgan fingerprint density at radius 3 is 2.64 bits per heavy atom. The second kappa shape index (κ2) is 6.22. The van der Waals surface area contributed by atoms with E-state index in [0.717, 1.165) is 17.4 Å². The monoisotopic (exact) mass is 294 g/mol. The molecule has 22 heavy (non-hydrogen) atoms. The predicted octanol–water partition coefficient (Wildman–Crippen LogP) is 3.44.